The molecule has 136 valence electrons. The van der Waals surface area contributed by atoms with Crippen molar-refractivity contribution in [1.29, 1.82) is 0 Å². The van der Waals surface area contributed by atoms with Crippen molar-refractivity contribution >= 4 is 0 Å². The van der Waals surface area contributed by atoms with E-state index in [4.69, 9.17) is 9.47 Å². The summed E-state index contributed by atoms with van der Waals surface area (Å²) in [4.78, 5) is 6.69. The second-order valence-corrected chi connectivity index (χ2v) is 6.40. The lowest BCUT2D eigenvalue weighted by Gasteiger charge is -2.32. The van der Waals surface area contributed by atoms with Gasteiger partial charge in [-0.25, -0.2) is 4.98 Å². The number of ether oxygens (including phenoxy) is 2. The highest BCUT2D eigenvalue weighted by Crippen LogP contribution is 2.14. The molecule has 1 saturated heterocycles. The number of aryl methyl sites for hydroxylation is 1. The van der Waals surface area contributed by atoms with Gasteiger partial charge in [-0.2, -0.15) is 0 Å². The van der Waals surface area contributed by atoms with Crippen molar-refractivity contribution < 1.29 is 9.47 Å². The Labute approximate surface area is 149 Å². The summed E-state index contributed by atoms with van der Waals surface area (Å²) in [6.07, 6.45) is 3.99. The number of rotatable bonds is 8. The molecule has 1 aliphatic heterocycles. The quantitative estimate of drug-likeness (QED) is 0.791. The maximum Gasteiger partial charge on any atom is 0.146 e. The van der Waals surface area contributed by atoms with Gasteiger partial charge in [0.05, 0.1) is 12.7 Å². The summed E-state index contributed by atoms with van der Waals surface area (Å²) in [5, 5.41) is 3.49. The van der Waals surface area contributed by atoms with Gasteiger partial charge in [0, 0.05) is 45.6 Å². The Hall–Kier alpha value is -1.89. The maximum atomic E-state index is 5.81. The van der Waals surface area contributed by atoms with Crippen molar-refractivity contribution in [3.05, 3.63) is 48.0 Å². The van der Waals surface area contributed by atoms with Crippen LogP contribution in [0.1, 0.15) is 18.3 Å². The Morgan fingerprint density at radius 3 is 2.88 bits per heavy atom. The fourth-order valence-electron chi connectivity index (χ4n) is 2.96. The highest BCUT2D eigenvalue weighted by atomic mass is 16.5. The minimum Gasteiger partial charge on any atom is -0.486 e. The summed E-state index contributed by atoms with van der Waals surface area (Å²) in [5.74, 6) is 1.78. The minimum absolute atomic E-state index is 0.286. The number of nitrogens with zero attached hydrogens (tertiary/aromatic N) is 3. The molecule has 1 atom stereocenters. The van der Waals surface area contributed by atoms with E-state index in [2.05, 4.69) is 34.3 Å². The number of benzene rings is 1. The van der Waals surface area contributed by atoms with Crippen molar-refractivity contribution in [1.82, 2.24) is 19.8 Å². The SMILES string of the molecule is CCN1CCOC(CNCc2ccc(OCc3nccn3C)cc2)C1. The average molecular weight is 344 g/mol. The Kier molecular flexibility index (Phi) is 6.44. The van der Waals surface area contributed by atoms with E-state index >= 15 is 0 Å². The zero-order valence-corrected chi connectivity index (χ0v) is 15.1. The normalized spacial score (nSPS) is 18.4. The molecule has 2 heterocycles. The van der Waals surface area contributed by atoms with Crippen molar-refractivity contribution in [3.8, 4) is 5.75 Å². The second kappa shape index (κ2) is 8.99. The molecule has 1 fully saturated rings. The standard InChI is InChI=1S/C19H28N4O2/c1-3-23-10-11-24-18(14-23)13-20-12-16-4-6-17(7-5-16)25-15-19-21-8-9-22(19)2/h4-9,18,20H,3,10-15H2,1-2H3. The summed E-state index contributed by atoms with van der Waals surface area (Å²) in [5.41, 5.74) is 1.24. The molecular weight excluding hydrogens is 316 g/mol. The number of imidazole rings is 1. The molecule has 0 aliphatic carbocycles. The topological polar surface area (TPSA) is 51.6 Å². The molecule has 0 radical (unpaired) electrons. The summed E-state index contributed by atoms with van der Waals surface area (Å²) < 4.78 is 13.6. The van der Waals surface area contributed by atoms with E-state index in [0.29, 0.717) is 6.61 Å². The van der Waals surface area contributed by atoms with Gasteiger partial charge >= 0.3 is 0 Å². The average Bonchev–Trinajstić information content (AvgIpc) is 3.06. The third-order valence-corrected chi connectivity index (χ3v) is 4.58. The number of nitrogens with one attached hydrogen (secondary N) is 1. The van der Waals surface area contributed by atoms with Crippen LogP contribution in [0.15, 0.2) is 36.7 Å². The molecule has 0 amide bonds. The third-order valence-electron chi connectivity index (χ3n) is 4.58. The molecule has 1 aliphatic rings. The zero-order chi connectivity index (χ0) is 17.5. The highest BCUT2D eigenvalue weighted by molar-refractivity contribution is 5.27. The number of hydrogen-bond acceptors (Lipinski definition) is 5. The van der Waals surface area contributed by atoms with E-state index < -0.39 is 0 Å². The monoisotopic (exact) mass is 344 g/mol. The maximum absolute atomic E-state index is 5.81. The molecule has 1 N–H and O–H groups in total. The van der Waals surface area contributed by atoms with E-state index in [1.165, 1.54) is 5.56 Å². The molecule has 0 saturated carbocycles. The lowest BCUT2D eigenvalue weighted by molar-refractivity contribution is -0.0253. The van der Waals surface area contributed by atoms with E-state index in [1.54, 1.807) is 6.20 Å². The molecule has 6 heteroatoms. The van der Waals surface area contributed by atoms with Gasteiger partial charge in [-0.05, 0) is 24.2 Å². The van der Waals surface area contributed by atoms with Crippen LogP contribution in [0.5, 0.6) is 5.75 Å². The molecule has 25 heavy (non-hydrogen) atoms. The van der Waals surface area contributed by atoms with Crippen molar-refractivity contribution in [2.24, 2.45) is 7.05 Å². The van der Waals surface area contributed by atoms with Crippen LogP contribution in [0.4, 0.5) is 0 Å². The predicted octanol–water partition coefficient (Wildman–Crippen LogP) is 1.81. The highest BCUT2D eigenvalue weighted by Gasteiger charge is 2.18. The molecule has 2 aromatic rings. The van der Waals surface area contributed by atoms with Gasteiger partial charge in [-0.3, -0.25) is 4.90 Å². The van der Waals surface area contributed by atoms with Crippen molar-refractivity contribution in [3.63, 3.8) is 0 Å². The summed E-state index contributed by atoms with van der Waals surface area (Å²) >= 11 is 0. The Morgan fingerprint density at radius 1 is 1.32 bits per heavy atom. The van der Waals surface area contributed by atoms with Gasteiger partial charge in [-0.15, -0.1) is 0 Å². The molecule has 1 unspecified atom stereocenters. The van der Waals surface area contributed by atoms with Crippen molar-refractivity contribution in [2.45, 2.75) is 26.2 Å². The predicted molar refractivity (Wildman–Crippen MR) is 97.5 cm³/mol. The Balaban J connectivity index is 1.39. The third kappa shape index (κ3) is 5.29. The fraction of sp³-hybridized carbons (Fsp3) is 0.526. The van der Waals surface area contributed by atoms with Crippen LogP contribution in [0.25, 0.3) is 0 Å². The van der Waals surface area contributed by atoms with E-state index in [9.17, 15) is 0 Å². The van der Waals surface area contributed by atoms with Crippen molar-refractivity contribution in [2.75, 3.05) is 32.8 Å². The van der Waals surface area contributed by atoms with Crippen LogP contribution in [-0.4, -0.2) is 53.3 Å². The molecule has 0 bridgehead atoms. The van der Waals surface area contributed by atoms with Gasteiger partial charge < -0.3 is 19.4 Å². The molecule has 0 spiro atoms. The largest absolute Gasteiger partial charge is 0.486 e. The van der Waals surface area contributed by atoms with Crippen LogP contribution in [0, 0.1) is 0 Å². The number of hydrogen-bond donors (Lipinski definition) is 1. The van der Waals surface area contributed by atoms with Gasteiger partial charge in [0.25, 0.3) is 0 Å². The van der Waals surface area contributed by atoms with E-state index in [0.717, 1.165) is 50.9 Å². The summed E-state index contributed by atoms with van der Waals surface area (Å²) in [6.45, 7) is 8.40. The first-order valence-electron chi connectivity index (χ1n) is 8.97. The van der Waals surface area contributed by atoms with Gasteiger partial charge in [0.2, 0.25) is 0 Å². The zero-order valence-electron chi connectivity index (χ0n) is 15.1. The summed E-state index contributed by atoms with van der Waals surface area (Å²) in [6, 6.07) is 8.22. The molecule has 1 aromatic carbocycles. The van der Waals surface area contributed by atoms with Crippen LogP contribution in [0.3, 0.4) is 0 Å². The smallest absolute Gasteiger partial charge is 0.146 e. The minimum atomic E-state index is 0.286. The lowest BCUT2D eigenvalue weighted by atomic mass is 10.2. The lowest BCUT2D eigenvalue weighted by Crippen LogP contribution is -2.46. The molecule has 6 nitrogen and oxygen atoms in total. The van der Waals surface area contributed by atoms with E-state index in [-0.39, 0.29) is 6.10 Å². The van der Waals surface area contributed by atoms with E-state index in [1.807, 2.05) is 29.9 Å². The van der Waals surface area contributed by atoms with Gasteiger partial charge in [0.1, 0.15) is 18.2 Å². The second-order valence-electron chi connectivity index (χ2n) is 6.40. The van der Waals surface area contributed by atoms with Gasteiger partial charge in [-0.1, -0.05) is 19.1 Å². The number of morpholine rings is 1. The number of likely N-dealkylation sites (N-methyl/N-ethyl adjacent to an activating group) is 1. The first-order chi connectivity index (χ1) is 12.2. The first-order valence-corrected chi connectivity index (χ1v) is 8.97. The molecular formula is C19H28N4O2. The number of aromatic nitrogens is 2. The van der Waals surface area contributed by atoms with Crippen LogP contribution in [0.2, 0.25) is 0 Å². The first kappa shape index (κ1) is 17.9. The Bertz CT molecular complexity index is 641. The Morgan fingerprint density at radius 2 is 2.16 bits per heavy atom. The molecule has 3 rings (SSSR count). The van der Waals surface area contributed by atoms with Gasteiger partial charge in [0.15, 0.2) is 0 Å². The van der Waals surface area contributed by atoms with Crippen LogP contribution < -0.4 is 10.1 Å². The summed E-state index contributed by atoms with van der Waals surface area (Å²) in [7, 11) is 1.97. The molecule has 1 aromatic heterocycles. The van der Waals surface area contributed by atoms with Crippen LogP contribution >= 0.6 is 0 Å². The fourth-order valence-corrected chi connectivity index (χ4v) is 2.96. The van der Waals surface area contributed by atoms with Crippen LogP contribution in [-0.2, 0) is 24.9 Å².